The number of H-pyrrole nitrogens is 1. The molecule has 128 valence electrons. The summed E-state index contributed by atoms with van der Waals surface area (Å²) in [7, 11) is 0. The van der Waals surface area contributed by atoms with Crippen LogP contribution in [0.4, 0.5) is 11.4 Å². The number of hydrogen-bond donors (Lipinski definition) is 1. The summed E-state index contributed by atoms with van der Waals surface area (Å²) in [5.74, 6) is 0. The molecule has 0 radical (unpaired) electrons. The molecular weight excluding hydrogens is 316 g/mol. The molecule has 0 amide bonds. The standard InChI is InChI=1S/C19H20N4O2/c24-23(25)17-7-5-16(6-8-17)22-11-9-21(10-12-22)14-15-13-20-19-4-2-1-3-18(15)19/h1-8,13,20H,9-12,14H2. The van der Waals surface area contributed by atoms with Crippen LogP contribution in [0.3, 0.4) is 0 Å². The first kappa shape index (κ1) is 15.7. The molecule has 6 heteroatoms. The molecule has 0 atom stereocenters. The molecule has 1 N–H and O–H groups in total. The van der Waals surface area contributed by atoms with Crippen molar-refractivity contribution in [2.45, 2.75) is 6.54 Å². The Bertz CT molecular complexity index is 880. The first-order chi connectivity index (χ1) is 12.2. The average molecular weight is 336 g/mol. The molecule has 25 heavy (non-hydrogen) atoms. The first-order valence-electron chi connectivity index (χ1n) is 8.47. The maximum atomic E-state index is 10.8. The topological polar surface area (TPSA) is 65.4 Å². The van der Waals surface area contributed by atoms with Gasteiger partial charge in [0, 0.05) is 67.6 Å². The van der Waals surface area contributed by atoms with Crippen LogP contribution in [-0.4, -0.2) is 41.0 Å². The Morgan fingerprint density at radius 2 is 1.72 bits per heavy atom. The minimum Gasteiger partial charge on any atom is -0.369 e. The molecular formula is C19H20N4O2. The number of aromatic nitrogens is 1. The third-order valence-corrected chi connectivity index (χ3v) is 4.87. The Kier molecular flexibility index (Phi) is 4.11. The number of aromatic amines is 1. The van der Waals surface area contributed by atoms with E-state index in [1.54, 1.807) is 12.1 Å². The zero-order chi connectivity index (χ0) is 17.2. The van der Waals surface area contributed by atoms with Gasteiger partial charge in [-0.1, -0.05) is 18.2 Å². The maximum Gasteiger partial charge on any atom is 0.269 e. The number of nitro benzene ring substituents is 1. The van der Waals surface area contributed by atoms with Crippen LogP contribution < -0.4 is 4.90 Å². The number of non-ortho nitro benzene ring substituents is 1. The van der Waals surface area contributed by atoms with Crippen LogP contribution in [-0.2, 0) is 6.54 Å². The van der Waals surface area contributed by atoms with E-state index in [1.807, 2.05) is 18.2 Å². The summed E-state index contributed by atoms with van der Waals surface area (Å²) in [6.45, 7) is 4.77. The van der Waals surface area contributed by atoms with E-state index < -0.39 is 0 Å². The highest BCUT2D eigenvalue weighted by Gasteiger charge is 2.19. The van der Waals surface area contributed by atoms with E-state index in [0.29, 0.717) is 0 Å². The molecule has 0 spiro atoms. The average Bonchev–Trinajstić information content (AvgIpc) is 3.06. The predicted octanol–water partition coefficient (Wildman–Crippen LogP) is 3.40. The number of anilines is 1. The quantitative estimate of drug-likeness (QED) is 0.586. The summed E-state index contributed by atoms with van der Waals surface area (Å²) in [5.41, 5.74) is 3.71. The molecule has 1 aromatic heterocycles. The zero-order valence-electron chi connectivity index (χ0n) is 13.9. The molecule has 3 aromatic rings. The lowest BCUT2D eigenvalue weighted by molar-refractivity contribution is -0.384. The largest absolute Gasteiger partial charge is 0.369 e. The molecule has 0 unspecified atom stereocenters. The van der Waals surface area contributed by atoms with Gasteiger partial charge in [0.05, 0.1) is 4.92 Å². The van der Waals surface area contributed by atoms with Gasteiger partial charge < -0.3 is 9.88 Å². The molecule has 0 aliphatic carbocycles. The van der Waals surface area contributed by atoms with Gasteiger partial charge in [-0.3, -0.25) is 15.0 Å². The van der Waals surface area contributed by atoms with Gasteiger partial charge in [0.25, 0.3) is 5.69 Å². The summed E-state index contributed by atoms with van der Waals surface area (Å²) < 4.78 is 0. The van der Waals surface area contributed by atoms with Crippen molar-refractivity contribution in [3.05, 3.63) is 70.4 Å². The lowest BCUT2D eigenvalue weighted by Gasteiger charge is -2.36. The number of nitro groups is 1. The highest BCUT2D eigenvalue weighted by atomic mass is 16.6. The Balaban J connectivity index is 1.39. The van der Waals surface area contributed by atoms with Crippen LogP contribution in [0.5, 0.6) is 0 Å². The summed E-state index contributed by atoms with van der Waals surface area (Å²) >= 11 is 0. The molecule has 1 fully saturated rings. The fourth-order valence-electron chi connectivity index (χ4n) is 3.45. The summed E-state index contributed by atoms with van der Waals surface area (Å²) in [6.07, 6.45) is 2.10. The molecule has 6 nitrogen and oxygen atoms in total. The van der Waals surface area contributed by atoms with Crippen LogP contribution in [0, 0.1) is 10.1 Å². The number of piperazine rings is 1. The number of nitrogens with zero attached hydrogens (tertiary/aromatic N) is 3. The first-order valence-corrected chi connectivity index (χ1v) is 8.47. The monoisotopic (exact) mass is 336 g/mol. The molecule has 4 rings (SSSR count). The lowest BCUT2D eigenvalue weighted by Crippen LogP contribution is -2.45. The van der Waals surface area contributed by atoms with E-state index in [0.717, 1.165) is 38.4 Å². The van der Waals surface area contributed by atoms with Gasteiger partial charge in [0.1, 0.15) is 0 Å². The van der Waals surface area contributed by atoms with Crippen LogP contribution in [0.2, 0.25) is 0 Å². The molecule has 2 aromatic carbocycles. The van der Waals surface area contributed by atoms with E-state index in [2.05, 4.69) is 39.2 Å². The summed E-state index contributed by atoms with van der Waals surface area (Å²) in [6, 6.07) is 15.2. The lowest BCUT2D eigenvalue weighted by atomic mass is 10.1. The second kappa shape index (κ2) is 6.57. The van der Waals surface area contributed by atoms with Crippen molar-refractivity contribution in [3.63, 3.8) is 0 Å². The Hall–Kier alpha value is -2.86. The molecule has 1 saturated heterocycles. The van der Waals surface area contributed by atoms with Gasteiger partial charge in [-0.15, -0.1) is 0 Å². The van der Waals surface area contributed by atoms with Gasteiger partial charge in [-0.05, 0) is 23.8 Å². The van der Waals surface area contributed by atoms with Crippen LogP contribution in [0.25, 0.3) is 10.9 Å². The van der Waals surface area contributed by atoms with Crippen LogP contribution >= 0.6 is 0 Å². The fourth-order valence-corrected chi connectivity index (χ4v) is 3.45. The minimum absolute atomic E-state index is 0.140. The van der Waals surface area contributed by atoms with E-state index in [9.17, 15) is 10.1 Å². The van der Waals surface area contributed by atoms with Crippen molar-refractivity contribution in [2.24, 2.45) is 0 Å². The Labute approximate surface area is 145 Å². The number of benzene rings is 2. The van der Waals surface area contributed by atoms with Crippen molar-refractivity contribution in [3.8, 4) is 0 Å². The summed E-state index contributed by atoms with van der Waals surface area (Å²) in [5, 5.41) is 12.1. The third-order valence-electron chi connectivity index (χ3n) is 4.87. The van der Waals surface area contributed by atoms with Crippen LogP contribution in [0.15, 0.2) is 54.7 Å². The fraction of sp³-hybridized carbons (Fsp3) is 0.263. The number of rotatable bonds is 4. The maximum absolute atomic E-state index is 10.8. The molecule has 0 saturated carbocycles. The van der Waals surface area contributed by atoms with Crippen molar-refractivity contribution in [1.29, 1.82) is 0 Å². The highest BCUT2D eigenvalue weighted by Crippen LogP contribution is 2.23. The SMILES string of the molecule is O=[N+]([O-])c1ccc(N2CCN(Cc3c[nH]c4ccccc34)CC2)cc1. The van der Waals surface area contributed by atoms with E-state index in [4.69, 9.17) is 0 Å². The van der Waals surface area contributed by atoms with Crippen molar-refractivity contribution < 1.29 is 4.92 Å². The second-order valence-electron chi connectivity index (χ2n) is 6.40. The van der Waals surface area contributed by atoms with E-state index >= 15 is 0 Å². The molecule has 1 aliphatic heterocycles. The van der Waals surface area contributed by atoms with Crippen LogP contribution in [0.1, 0.15) is 5.56 Å². The van der Waals surface area contributed by atoms with Crippen molar-refractivity contribution in [1.82, 2.24) is 9.88 Å². The van der Waals surface area contributed by atoms with Gasteiger partial charge in [0.2, 0.25) is 0 Å². The number of para-hydroxylation sites is 1. The van der Waals surface area contributed by atoms with Crippen molar-refractivity contribution in [2.75, 3.05) is 31.1 Å². The Morgan fingerprint density at radius 1 is 1.00 bits per heavy atom. The van der Waals surface area contributed by atoms with Gasteiger partial charge in [0.15, 0.2) is 0 Å². The Morgan fingerprint density at radius 3 is 2.44 bits per heavy atom. The number of nitrogens with one attached hydrogen (secondary N) is 1. The molecule has 1 aliphatic rings. The minimum atomic E-state index is -0.358. The van der Waals surface area contributed by atoms with Gasteiger partial charge in [-0.2, -0.15) is 0 Å². The van der Waals surface area contributed by atoms with Gasteiger partial charge in [-0.25, -0.2) is 0 Å². The number of hydrogen-bond acceptors (Lipinski definition) is 4. The smallest absolute Gasteiger partial charge is 0.269 e. The molecule has 2 heterocycles. The number of fused-ring (bicyclic) bond motifs is 1. The molecule has 0 bridgehead atoms. The van der Waals surface area contributed by atoms with Gasteiger partial charge >= 0.3 is 0 Å². The predicted molar refractivity (Wildman–Crippen MR) is 98.9 cm³/mol. The summed E-state index contributed by atoms with van der Waals surface area (Å²) in [4.78, 5) is 18.5. The third kappa shape index (κ3) is 3.21. The second-order valence-corrected chi connectivity index (χ2v) is 6.40. The highest BCUT2D eigenvalue weighted by molar-refractivity contribution is 5.82. The zero-order valence-corrected chi connectivity index (χ0v) is 13.9. The normalized spacial score (nSPS) is 15.6. The van der Waals surface area contributed by atoms with E-state index in [1.165, 1.54) is 16.5 Å². The van der Waals surface area contributed by atoms with Crippen molar-refractivity contribution >= 4 is 22.3 Å². The van der Waals surface area contributed by atoms with E-state index in [-0.39, 0.29) is 10.6 Å².